The van der Waals surface area contributed by atoms with Crippen LogP contribution in [0.15, 0.2) is 22.7 Å². The first-order valence-corrected chi connectivity index (χ1v) is 7.43. The van der Waals surface area contributed by atoms with Gasteiger partial charge in [0.15, 0.2) is 6.61 Å². The predicted octanol–water partition coefficient (Wildman–Crippen LogP) is 1.56. The Morgan fingerprint density at radius 2 is 2.24 bits per heavy atom. The maximum Gasteiger partial charge on any atom is 0.287 e. The van der Waals surface area contributed by atoms with E-state index >= 15 is 0 Å². The van der Waals surface area contributed by atoms with Gasteiger partial charge < -0.3 is 15.0 Å². The Balaban J connectivity index is 1.97. The van der Waals surface area contributed by atoms with Crippen LogP contribution in [0.2, 0.25) is 0 Å². The molecule has 1 N–H and O–H groups in total. The highest BCUT2D eigenvalue weighted by Gasteiger charge is 2.19. The number of nitro groups is 1. The lowest BCUT2D eigenvalue weighted by Gasteiger charge is -2.20. The van der Waals surface area contributed by atoms with Crippen LogP contribution in [-0.2, 0) is 4.79 Å². The summed E-state index contributed by atoms with van der Waals surface area (Å²) >= 11 is 3.14. The number of amides is 1. The molecule has 1 heterocycles. The summed E-state index contributed by atoms with van der Waals surface area (Å²) in [6.07, 6.45) is 0.909. The summed E-state index contributed by atoms with van der Waals surface area (Å²) in [5, 5.41) is 14.1. The van der Waals surface area contributed by atoms with E-state index in [-0.39, 0.29) is 22.7 Å². The zero-order valence-electron chi connectivity index (χ0n) is 11.4. The molecule has 1 fully saturated rings. The second-order valence-corrected chi connectivity index (χ2v) is 5.41. The van der Waals surface area contributed by atoms with Crippen LogP contribution in [0.25, 0.3) is 0 Å². The van der Waals surface area contributed by atoms with E-state index in [9.17, 15) is 14.9 Å². The monoisotopic (exact) mass is 357 g/mol. The summed E-state index contributed by atoms with van der Waals surface area (Å²) in [5.41, 5.74) is -0.0843. The molecule has 8 heteroatoms. The second kappa shape index (κ2) is 7.37. The Hall–Kier alpha value is -1.67. The summed E-state index contributed by atoms with van der Waals surface area (Å²) in [5.74, 6) is 0.183. The van der Waals surface area contributed by atoms with E-state index in [2.05, 4.69) is 21.2 Å². The van der Waals surface area contributed by atoms with Gasteiger partial charge in [0.25, 0.3) is 11.6 Å². The topological polar surface area (TPSA) is 84.7 Å². The first kappa shape index (κ1) is 15.7. The fraction of sp³-hybridized carbons (Fsp3) is 0.462. The average molecular weight is 358 g/mol. The van der Waals surface area contributed by atoms with Crippen molar-refractivity contribution in [3.8, 4) is 5.75 Å². The van der Waals surface area contributed by atoms with Gasteiger partial charge in [0.1, 0.15) is 10.2 Å². The molecule has 7 nitrogen and oxygen atoms in total. The summed E-state index contributed by atoms with van der Waals surface area (Å²) in [6.45, 7) is 2.90. The number of nitrogens with zero attached hydrogens (tertiary/aromatic N) is 2. The molecule has 1 aromatic rings. The van der Waals surface area contributed by atoms with Crippen molar-refractivity contribution < 1.29 is 14.5 Å². The summed E-state index contributed by atoms with van der Waals surface area (Å²) in [7, 11) is 0. The molecule has 0 spiro atoms. The molecule has 2 rings (SSSR count). The van der Waals surface area contributed by atoms with Crippen LogP contribution in [0.4, 0.5) is 5.69 Å². The molecule has 114 valence electrons. The first-order chi connectivity index (χ1) is 10.1. The molecular formula is C13H16BrN3O4. The highest BCUT2D eigenvalue weighted by molar-refractivity contribution is 9.10. The number of hydrogen-bond donors (Lipinski definition) is 1. The van der Waals surface area contributed by atoms with Crippen molar-refractivity contribution in [2.75, 3.05) is 32.8 Å². The summed E-state index contributed by atoms with van der Waals surface area (Å²) in [4.78, 5) is 24.2. The third-order valence-corrected chi connectivity index (χ3v) is 3.98. The minimum atomic E-state index is -0.501. The summed E-state index contributed by atoms with van der Waals surface area (Å²) in [6, 6.07) is 4.49. The zero-order valence-corrected chi connectivity index (χ0v) is 13.0. The van der Waals surface area contributed by atoms with Crippen molar-refractivity contribution >= 4 is 27.5 Å². The highest BCUT2D eigenvalue weighted by atomic mass is 79.9. The van der Waals surface area contributed by atoms with Gasteiger partial charge in [-0.25, -0.2) is 0 Å². The van der Waals surface area contributed by atoms with Crippen molar-refractivity contribution in [3.05, 3.63) is 32.8 Å². The van der Waals surface area contributed by atoms with E-state index in [1.165, 1.54) is 12.1 Å². The molecule has 21 heavy (non-hydrogen) atoms. The third kappa shape index (κ3) is 4.15. The average Bonchev–Trinajstić information content (AvgIpc) is 2.74. The van der Waals surface area contributed by atoms with Gasteiger partial charge in [-0.15, -0.1) is 0 Å². The number of nitrogens with one attached hydrogen (secondary N) is 1. The van der Waals surface area contributed by atoms with Crippen molar-refractivity contribution in [1.29, 1.82) is 0 Å². The lowest BCUT2D eigenvalue weighted by molar-refractivity contribution is -0.385. The quantitative estimate of drug-likeness (QED) is 0.652. The van der Waals surface area contributed by atoms with Crippen LogP contribution in [-0.4, -0.2) is 48.5 Å². The minimum absolute atomic E-state index is 0.0843. The Kier molecular flexibility index (Phi) is 5.51. The molecule has 1 aliphatic rings. The van der Waals surface area contributed by atoms with E-state index in [0.29, 0.717) is 18.8 Å². The van der Waals surface area contributed by atoms with E-state index in [4.69, 9.17) is 4.74 Å². The third-order valence-electron chi connectivity index (χ3n) is 3.18. The van der Waals surface area contributed by atoms with Gasteiger partial charge in [-0.2, -0.15) is 0 Å². The zero-order chi connectivity index (χ0) is 15.2. The Labute approximate surface area is 130 Å². The molecule has 1 aliphatic heterocycles. The fourth-order valence-electron chi connectivity index (χ4n) is 2.08. The molecule has 0 atom stereocenters. The highest BCUT2D eigenvalue weighted by Crippen LogP contribution is 2.33. The van der Waals surface area contributed by atoms with Gasteiger partial charge in [-0.1, -0.05) is 6.07 Å². The van der Waals surface area contributed by atoms with Crippen molar-refractivity contribution in [3.63, 3.8) is 0 Å². The number of benzene rings is 1. The van der Waals surface area contributed by atoms with E-state index in [0.717, 1.165) is 19.5 Å². The van der Waals surface area contributed by atoms with Gasteiger partial charge in [0.2, 0.25) is 0 Å². The largest absolute Gasteiger partial charge is 0.482 e. The molecule has 0 aromatic heterocycles. The van der Waals surface area contributed by atoms with E-state index in [1.54, 1.807) is 11.0 Å². The number of nitro benzene ring substituents is 1. The number of halogens is 1. The lowest BCUT2D eigenvalue weighted by atomic mass is 10.3. The van der Waals surface area contributed by atoms with Gasteiger partial charge >= 0.3 is 0 Å². The number of rotatable bonds is 4. The molecule has 0 saturated carbocycles. The number of carbonyl (C=O) groups is 1. The van der Waals surface area contributed by atoms with E-state index in [1.807, 2.05) is 0 Å². The molecule has 1 saturated heterocycles. The minimum Gasteiger partial charge on any atom is -0.482 e. The molecule has 0 bridgehead atoms. The number of carbonyl (C=O) groups excluding carboxylic acids is 1. The van der Waals surface area contributed by atoms with Crippen molar-refractivity contribution in [1.82, 2.24) is 10.2 Å². The van der Waals surface area contributed by atoms with Crippen LogP contribution < -0.4 is 10.1 Å². The Bertz CT molecular complexity index is 530. The molecule has 1 amide bonds. The fourth-order valence-corrected chi connectivity index (χ4v) is 2.60. The van der Waals surface area contributed by atoms with Crippen LogP contribution in [0.1, 0.15) is 6.42 Å². The first-order valence-electron chi connectivity index (χ1n) is 6.64. The maximum atomic E-state index is 12.1. The molecular weight excluding hydrogens is 342 g/mol. The molecule has 0 radical (unpaired) electrons. The standard InChI is InChI=1S/C13H16BrN3O4/c14-13-10(17(19)20)3-1-4-11(13)21-9-12(18)16-7-2-5-15-6-8-16/h1,3-4,15H,2,5-9H2. The summed E-state index contributed by atoms with van der Waals surface area (Å²) < 4.78 is 5.67. The van der Waals surface area contributed by atoms with Gasteiger partial charge in [-0.05, 0) is 35.0 Å². The lowest BCUT2D eigenvalue weighted by Crippen LogP contribution is -2.37. The van der Waals surface area contributed by atoms with Crippen LogP contribution in [0.5, 0.6) is 5.75 Å². The van der Waals surface area contributed by atoms with Crippen LogP contribution in [0.3, 0.4) is 0 Å². The predicted molar refractivity (Wildman–Crippen MR) is 80.4 cm³/mol. The smallest absolute Gasteiger partial charge is 0.287 e. The van der Waals surface area contributed by atoms with E-state index < -0.39 is 4.92 Å². The van der Waals surface area contributed by atoms with Gasteiger partial charge in [-0.3, -0.25) is 14.9 Å². The Morgan fingerprint density at radius 1 is 1.43 bits per heavy atom. The molecule has 1 aromatic carbocycles. The second-order valence-electron chi connectivity index (χ2n) is 4.62. The number of ether oxygens (including phenoxy) is 1. The maximum absolute atomic E-state index is 12.1. The van der Waals surface area contributed by atoms with Gasteiger partial charge in [0.05, 0.1) is 4.92 Å². The molecule has 0 aliphatic carbocycles. The van der Waals surface area contributed by atoms with Crippen molar-refractivity contribution in [2.24, 2.45) is 0 Å². The van der Waals surface area contributed by atoms with Crippen molar-refractivity contribution in [2.45, 2.75) is 6.42 Å². The SMILES string of the molecule is O=C(COc1cccc([N+](=O)[O-])c1Br)N1CCCNCC1. The van der Waals surface area contributed by atoms with Gasteiger partial charge in [0, 0.05) is 25.7 Å². The van der Waals surface area contributed by atoms with Crippen LogP contribution in [0, 0.1) is 10.1 Å². The normalized spacial score (nSPS) is 15.4. The van der Waals surface area contributed by atoms with Crippen LogP contribution >= 0.6 is 15.9 Å². The Morgan fingerprint density at radius 3 is 3.00 bits per heavy atom. The molecule has 0 unspecified atom stereocenters. The number of hydrogen-bond acceptors (Lipinski definition) is 5.